The van der Waals surface area contributed by atoms with Crippen LogP contribution in [-0.2, 0) is 9.53 Å². The van der Waals surface area contributed by atoms with E-state index in [4.69, 9.17) is 10.5 Å². The van der Waals surface area contributed by atoms with Gasteiger partial charge in [-0.05, 0) is 26.3 Å². The van der Waals surface area contributed by atoms with Crippen LogP contribution >= 0.6 is 0 Å². The molecule has 0 unspecified atom stereocenters. The SMILES string of the molecule is CCOC(=O)C1=NC(C)=C(C)[C@@H]1N. The molecular weight excluding hydrogens is 168 g/mol. The maximum Gasteiger partial charge on any atom is 0.354 e. The molecule has 0 aromatic heterocycles. The smallest absolute Gasteiger partial charge is 0.354 e. The van der Waals surface area contributed by atoms with E-state index in [0.717, 1.165) is 11.3 Å². The fraction of sp³-hybridized carbons (Fsp3) is 0.556. The van der Waals surface area contributed by atoms with E-state index in [1.54, 1.807) is 6.92 Å². The summed E-state index contributed by atoms with van der Waals surface area (Å²) in [4.78, 5) is 15.4. The summed E-state index contributed by atoms with van der Waals surface area (Å²) in [5.41, 5.74) is 7.82. The maximum atomic E-state index is 11.3. The lowest BCUT2D eigenvalue weighted by Crippen LogP contribution is -2.35. The van der Waals surface area contributed by atoms with Crippen molar-refractivity contribution in [3.05, 3.63) is 11.3 Å². The summed E-state index contributed by atoms with van der Waals surface area (Å²) in [6, 6.07) is -0.390. The summed E-state index contributed by atoms with van der Waals surface area (Å²) in [6.45, 7) is 5.81. The van der Waals surface area contributed by atoms with E-state index in [9.17, 15) is 4.79 Å². The minimum atomic E-state index is -0.411. The molecule has 0 radical (unpaired) electrons. The maximum absolute atomic E-state index is 11.3. The molecule has 0 aromatic carbocycles. The van der Waals surface area contributed by atoms with Gasteiger partial charge in [-0.1, -0.05) is 0 Å². The van der Waals surface area contributed by atoms with E-state index < -0.39 is 5.97 Å². The van der Waals surface area contributed by atoms with Crippen LogP contribution in [0.25, 0.3) is 0 Å². The van der Waals surface area contributed by atoms with Crippen molar-refractivity contribution in [1.29, 1.82) is 0 Å². The Bertz CT molecular complexity index is 292. The number of aliphatic imine (C=N–C) groups is 1. The molecule has 0 amide bonds. The average molecular weight is 182 g/mol. The second kappa shape index (κ2) is 3.70. The van der Waals surface area contributed by atoms with Gasteiger partial charge in [0, 0.05) is 5.70 Å². The fourth-order valence-electron chi connectivity index (χ4n) is 1.15. The third-order valence-electron chi connectivity index (χ3n) is 2.10. The van der Waals surface area contributed by atoms with Crippen molar-refractivity contribution in [3.63, 3.8) is 0 Å². The summed E-state index contributed by atoms with van der Waals surface area (Å²) in [5.74, 6) is -0.411. The summed E-state index contributed by atoms with van der Waals surface area (Å²) < 4.78 is 4.82. The third kappa shape index (κ3) is 1.78. The first-order valence-electron chi connectivity index (χ1n) is 4.26. The quantitative estimate of drug-likeness (QED) is 0.637. The molecule has 1 aliphatic heterocycles. The van der Waals surface area contributed by atoms with Gasteiger partial charge in [-0.2, -0.15) is 0 Å². The molecule has 0 aliphatic carbocycles. The minimum absolute atomic E-state index is 0.317. The van der Waals surface area contributed by atoms with Crippen LogP contribution < -0.4 is 5.73 Å². The molecule has 0 saturated heterocycles. The Hall–Kier alpha value is -1.16. The Kier molecular flexibility index (Phi) is 2.83. The summed E-state index contributed by atoms with van der Waals surface area (Å²) in [6.07, 6.45) is 0. The molecule has 1 aliphatic rings. The highest BCUT2D eigenvalue weighted by Gasteiger charge is 2.27. The van der Waals surface area contributed by atoms with Crippen molar-refractivity contribution >= 4 is 11.7 Å². The van der Waals surface area contributed by atoms with Gasteiger partial charge in [0.25, 0.3) is 0 Å². The van der Waals surface area contributed by atoms with Crippen molar-refractivity contribution in [2.75, 3.05) is 6.61 Å². The molecule has 1 atom stereocenters. The van der Waals surface area contributed by atoms with Crippen molar-refractivity contribution in [1.82, 2.24) is 0 Å². The Labute approximate surface area is 77.5 Å². The molecule has 0 aromatic rings. The average Bonchev–Trinajstić information content (AvgIpc) is 2.33. The summed E-state index contributed by atoms with van der Waals surface area (Å²) >= 11 is 0. The van der Waals surface area contributed by atoms with E-state index in [1.165, 1.54) is 0 Å². The molecule has 13 heavy (non-hydrogen) atoms. The van der Waals surface area contributed by atoms with Gasteiger partial charge in [0.2, 0.25) is 0 Å². The zero-order chi connectivity index (χ0) is 10.0. The van der Waals surface area contributed by atoms with Gasteiger partial charge >= 0.3 is 5.97 Å². The van der Waals surface area contributed by atoms with Crippen molar-refractivity contribution in [2.24, 2.45) is 10.7 Å². The number of rotatable bonds is 2. The van der Waals surface area contributed by atoms with E-state index in [0.29, 0.717) is 12.3 Å². The molecule has 72 valence electrons. The van der Waals surface area contributed by atoms with E-state index in [1.807, 2.05) is 13.8 Å². The van der Waals surface area contributed by atoms with Gasteiger partial charge in [-0.15, -0.1) is 0 Å². The first-order chi connectivity index (χ1) is 6.07. The van der Waals surface area contributed by atoms with Crippen LogP contribution in [0.1, 0.15) is 20.8 Å². The highest BCUT2D eigenvalue weighted by Crippen LogP contribution is 2.18. The largest absolute Gasteiger partial charge is 0.461 e. The molecule has 2 N–H and O–H groups in total. The first kappa shape index (κ1) is 9.92. The van der Waals surface area contributed by atoms with Crippen LogP contribution in [-0.4, -0.2) is 24.3 Å². The highest BCUT2D eigenvalue weighted by atomic mass is 16.5. The topological polar surface area (TPSA) is 64.7 Å². The molecular formula is C9H14N2O2. The summed E-state index contributed by atoms with van der Waals surface area (Å²) in [7, 11) is 0. The normalized spacial score (nSPS) is 21.8. The first-order valence-corrected chi connectivity index (χ1v) is 4.26. The van der Waals surface area contributed by atoms with Gasteiger partial charge in [-0.25, -0.2) is 9.79 Å². The molecule has 0 bridgehead atoms. The Morgan fingerprint density at radius 3 is 2.62 bits per heavy atom. The standard InChI is InChI=1S/C9H14N2O2/c1-4-13-9(12)8-7(10)5(2)6(3)11-8/h7H,4,10H2,1-3H3/t7-/m0/s1. The molecule has 0 saturated carbocycles. The fourth-order valence-corrected chi connectivity index (χ4v) is 1.15. The zero-order valence-electron chi connectivity index (χ0n) is 8.13. The third-order valence-corrected chi connectivity index (χ3v) is 2.10. The second-order valence-corrected chi connectivity index (χ2v) is 2.96. The van der Waals surface area contributed by atoms with Crippen LogP contribution in [0.5, 0.6) is 0 Å². The number of carbonyl (C=O) groups is 1. The Balaban J connectivity index is 2.77. The van der Waals surface area contributed by atoms with Crippen molar-refractivity contribution in [3.8, 4) is 0 Å². The lowest BCUT2D eigenvalue weighted by Gasteiger charge is -2.07. The van der Waals surface area contributed by atoms with E-state index >= 15 is 0 Å². The molecule has 0 spiro atoms. The number of nitrogens with zero attached hydrogens (tertiary/aromatic N) is 1. The number of hydrogen-bond acceptors (Lipinski definition) is 4. The molecule has 4 heteroatoms. The Morgan fingerprint density at radius 2 is 2.23 bits per heavy atom. The number of esters is 1. The number of ether oxygens (including phenoxy) is 1. The van der Waals surface area contributed by atoms with Crippen LogP contribution in [0.3, 0.4) is 0 Å². The zero-order valence-corrected chi connectivity index (χ0v) is 8.13. The van der Waals surface area contributed by atoms with Crippen LogP contribution in [0.4, 0.5) is 0 Å². The van der Waals surface area contributed by atoms with E-state index in [-0.39, 0.29) is 6.04 Å². The lowest BCUT2D eigenvalue weighted by molar-refractivity contribution is -0.135. The molecule has 4 nitrogen and oxygen atoms in total. The monoisotopic (exact) mass is 182 g/mol. The highest BCUT2D eigenvalue weighted by molar-refractivity contribution is 6.40. The van der Waals surface area contributed by atoms with Gasteiger partial charge in [0.15, 0.2) is 0 Å². The minimum Gasteiger partial charge on any atom is -0.461 e. The Morgan fingerprint density at radius 1 is 1.62 bits per heavy atom. The van der Waals surface area contributed by atoms with Gasteiger partial charge in [0.1, 0.15) is 5.71 Å². The lowest BCUT2D eigenvalue weighted by atomic mass is 10.1. The van der Waals surface area contributed by atoms with Gasteiger partial charge in [-0.3, -0.25) is 0 Å². The number of nitrogens with two attached hydrogens (primary N) is 1. The van der Waals surface area contributed by atoms with Gasteiger partial charge in [0.05, 0.1) is 12.6 Å². The predicted molar refractivity (Wildman–Crippen MR) is 50.4 cm³/mol. The van der Waals surface area contributed by atoms with Crippen LogP contribution in [0.2, 0.25) is 0 Å². The van der Waals surface area contributed by atoms with Crippen molar-refractivity contribution in [2.45, 2.75) is 26.8 Å². The number of carbonyl (C=O) groups excluding carboxylic acids is 1. The number of allylic oxidation sites excluding steroid dienone is 1. The summed E-state index contributed by atoms with van der Waals surface area (Å²) in [5, 5.41) is 0. The molecule has 1 rings (SSSR count). The van der Waals surface area contributed by atoms with Crippen LogP contribution in [0.15, 0.2) is 16.3 Å². The molecule has 1 heterocycles. The molecule has 0 fully saturated rings. The van der Waals surface area contributed by atoms with E-state index in [2.05, 4.69) is 4.99 Å². The van der Waals surface area contributed by atoms with Crippen molar-refractivity contribution < 1.29 is 9.53 Å². The van der Waals surface area contributed by atoms with Crippen LogP contribution in [0, 0.1) is 0 Å². The predicted octanol–water partition coefficient (Wildman–Crippen LogP) is 0.625. The number of hydrogen-bond donors (Lipinski definition) is 1. The second-order valence-electron chi connectivity index (χ2n) is 2.96. The van der Waals surface area contributed by atoms with Gasteiger partial charge < -0.3 is 10.5 Å².